The van der Waals surface area contributed by atoms with Gasteiger partial charge in [-0.3, -0.25) is 4.98 Å². The number of benzene rings is 2. The van der Waals surface area contributed by atoms with E-state index in [2.05, 4.69) is 57.4 Å². The molecule has 0 radical (unpaired) electrons. The summed E-state index contributed by atoms with van der Waals surface area (Å²) >= 11 is 0. The van der Waals surface area contributed by atoms with Crippen molar-refractivity contribution >= 4 is 11.0 Å². The molecule has 1 aliphatic rings. The van der Waals surface area contributed by atoms with Crippen LogP contribution in [0.25, 0.3) is 44.8 Å². The number of H-pyrrole nitrogens is 1. The van der Waals surface area contributed by atoms with E-state index >= 15 is 0 Å². The van der Waals surface area contributed by atoms with Crippen LogP contribution in [0.2, 0.25) is 0 Å². The Hall–Kier alpha value is -4.06. The van der Waals surface area contributed by atoms with Crippen molar-refractivity contribution in [3.63, 3.8) is 0 Å². The number of methoxy groups -OCH3 is 1. The molecular weight excluding hydrogens is 434 g/mol. The fourth-order valence-electron chi connectivity index (χ4n) is 4.96. The Morgan fingerprint density at radius 2 is 1.46 bits per heavy atom. The summed E-state index contributed by atoms with van der Waals surface area (Å²) in [7, 11) is 1.56. The van der Waals surface area contributed by atoms with Gasteiger partial charge in [0.05, 0.1) is 23.8 Å². The summed E-state index contributed by atoms with van der Waals surface area (Å²) in [6.07, 6.45) is 12.1. The lowest BCUT2D eigenvalue weighted by atomic mass is 9.84. The lowest BCUT2D eigenvalue weighted by Gasteiger charge is -2.22. The van der Waals surface area contributed by atoms with Crippen molar-refractivity contribution in [1.29, 1.82) is 0 Å². The van der Waals surface area contributed by atoms with Crippen LogP contribution in [-0.4, -0.2) is 32.0 Å². The molecule has 0 aliphatic heterocycles. The molecular formula is C29H27N5O. The third-order valence-electron chi connectivity index (χ3n) is 6.95. The molecule has 3 aromatic heterocycles. The Morgan fingerprint density at radius 3 is 2.17 bits per heavy atom. The molecule has 1 aliphatic carbocycles. The minimum atomic E-state index is 0.356. The predicted octanol–water partition coefficient (Wildman–Crippen LogP) is 6.81. The Bertz CT molecular complexity index is 1430. The van der Waals surface area contributed by atoms with Crippen molar-refractivity contribution in [1.82, 2.24) is 24.9 Å². The third kappa shape index (κ3) is 4.39. The molecule has 0 unspecified atom stereocenters. The zero-order chi connectivity index (χ0) is 23.6. The highest BCUT2D eigenvalue weighted by atomic mass is 16.5. The summed E-state index contributed by atoms with van der Waals surface area (Å²) in [6, 6.07) is 19.6. The van der Waals surface area contributed by atoms with Gasteiger partial charge in [0.1, 0.15) is 5.82 Å². The summed E-state index contributed by atoms with van der Waals surface area (Å²) in [4.78, 5) is 21.3. The Morgan fingerprint density at radius 1 is 0.743 bits per heavy atom. The molecule has 0 amide bonds. The molecule has 0 atom stereocenters. The third-order valence-corrected chi connectivity index (χ3v) is 6.95. The van der Waals surface area contributed by atoms with Gasteiger partial charge in [-0.2, -0.15) is 0 Å². The molecule has 1 N–H and O–H groups in total. The average Bonchev–Trinajstić information content (AvgIpc) is 3.37. The molecule has 5 aromatic rings. The summed E-state index contributed by atoms with van der Waals surface area (Å²) in [5.41, 5.74) is 8.33. The number of hydrogen-bond donors (Lipinski definition) is 1. The van der Waals surface area contributed by atoms with Gasteiger partial charge in [-0.15, -0.1) is 0 Å². The van der Waals surface area contributed by atoms with Crippen LogP contribution in [0.3, 0.4) is 0 Å². The number of hydrogen-bond acceptors (Lipinski definition) is 5. The van der Waals surface area contributed by atoms with Gasteiger partial charge in [0.2, 0.25) is 0 Å². The maximum Gasteiger partial charge on any atom is 0.316 e. The summed E-state index contributed by atoms with van der Waals surface area (Å²) in [5, 5.41) is 0. The van der Waals surface area contributed by atoms with Gasteiger partial charge in [0, 0.05) is 35.3 Å². The van der Waals surface area contributed by atoms with Crippen LogP contribution in [0.5, 0.6) is 6.01 Å². The van der Waals surface area contributed by atoms with Crippen LogP contribution in [0, 0.1) is 0 Å². The number of pyridine rings is 1. The predicted molar refractivity (Wildman–Crippen MR) is 138 cm³/mol. The van der Waals surface area contributed by atoms with Crippen molar-refractivity contribution in [3.8, 4) is 39.8 Å². The van der Waals surface area contributed by atoms with E-state index in [0.717, 1.165) is 50.7 Å². The first-order chi connectivity index (χ1) is 17.3. The van der Waals surface area contributed by atoms with Gasteiger partial charge in [0.15, 0.2) is 0 Å². The molecule has 0 spiro atoms. The van der Waals surface area contributed by atoms with Gasteiger partial charge < -0.3 is 9.72 Å². The Kier molecular flexibility index (Phi) is 5.70. The first-order valence-corrected chi connectivity index (χ1v) is 12.2. The molecule has 6 heteroatoms. The van der Waals surface area contributed by atoms with E-state index in [1.165, 1.54) is 37.7 Å². The molecule has 3 heterocycles. The van der Waals surface area contributed by atoms with Crippen LogP contribution >= 0.6 is 0 Å². The number of fused-ring (bicyclic) bond motifs is 1. The van der Waals surface area contributed by atoms with E-state index in [-0.39, 0.29) is 0 Å². The number of nitrogens with zero attached hydrogens (tertiary/aromatic N) is 4. The minimum absolute atomic E-state index is 0.356. The van der Waals surface area contributed by atoms with Gasteiger partial charge in [-0.05, 0) is 54.2 Å². The fraction of sp³-hybridized carbons (Fsp3) is 0.241. The zero-order valence-corrected chi connectivity index (χ0v) is 19.7. The van der Waals surface area contributed by atoms with Gasteiger partial charge in [-0.1, -0.05) is 49.6 Å². The molecule has 0 saturated heterocycles. The highest BCUT2D eigenvalue weighted by Gasteiger charge is 2.15. The highest BCUT2D eigenvalue weighted by molar-refractivity contribution is 5.84. The number of imidazole rings is 1. The van der Waals surface area contributed by atoms with Crippen LogP contribution in [0.4, 0.5) is 0 Å². The highest BCUT2D eigenvalue weighted by Crippen LogP contribution is 2.33. The standard InChI is InChI=1S/C29H27N5O/c1-35-29-31-17-24(18-32-29)22-11-14-26-27(15-22)34-28(33-26)23-12-13-25(30-16-23)21-9-7-20(8-10-21)19-5-3-2-4-6-19/h7-19H,2-6H2,1H3,(H,33,34). The van der Waals surface area contributed by atoms with E-state index in [4.69, 9.17) is 14.7 Å². The second-order valence-electron chi connectivity index (χ2n) is 9.16. The minimum Gasteiger partial charge on any atom is -0.467 e. The van der Waals surface area contributed by atoms with Crippen LogP contribution in [0.15, 0.2) is 73.2 Å². The molecule has 1 fully saturated rings. The molecule has 6 nitrogen and oxygen atoms in total. The van der Waals surface area contributed by atoms with Gasteiger partial charge in [0.25, 0.3) is 0 Å². The lowest BCUT2D eigenvalue weighted by Crippen LogP contribution is -2.04. The second kappa shape index (κ2) is 9.29. The first kappa shape index (κ1) is 21.5. The topological polar surface area (TPSA) is 76.6 Å². The van der Waals surface area contributed by atoms with E-state index < -0.39 is 0 Å². The molecule has 1 saturated carbocycles. The number of aromatic amines is 1. The smallest absolute Gasteiger partial charge is 0.316 e. The van der Waals surface area contributed by atoms with E-state index in [9.17, 15) is 0 Å². The van der Waals surface area contributed by atoms with Gasteiger partial charge in [-0.25, -0.2) is 15.0 Å². The Labute approximate surface area is 204 Å². The SMILES string of the molecule is COc1ncc(-c2ccc3nc(-c4ccc(-c5ccc(C6CCCCC6)cc5)nc4)[nH]c3c2)cn1. The Balaban J connectivity index is 1.22. The summed E-state index contributed by atoms with van der Waals surface area (Å²) < 4.78 is 5.05. The van der Waals surface area contributed by atoms with Crippen LogP contribution in [-0.2, 0) is 0 Å². The molecule has 35 heavy (non-hydrogen) atoms. The van der Waals surface area contributed by atoms with Crippen molar-refractivity contribution in [2.45, 2.75) is 38.0 Å². The molecule has 6 rings (SSSR count). The number of rotatable bonds is 5. The van der Waals surface area contributed by atoms with Crippen molar-refractivity contribution in [3.05, 3.63) is 78.8 Å². The normalized spacial score (nSPS) is 14.3. The molecule has 2 aromatic carbocycles. The van der Waals surface area contributed by atoms with Crippen LogP contribution < -0.4 is 4.74 Å². The maximum absolute atomic E-state index is 5.05. The number of nitrogens with one attached hydrogen (secondary N) is 1. The quantitative estimate of drug-likeness (QED) is 0.311. The maximum atomic E-state index is 5.05. The monoisotopic (exact) mass is 461 g/mol. The molecule has 174 valence electrons. The lowest BCUT2D eigenvalue weighted by molar-refractivity contribution is 0.380. The van der Waals surface area contributed by atoms with Crippen molar-refractivity contribution in [2.24, 2.45) is 0 Å². The summed E-state index contributed by atoms with van der Waals surface area (Å²) in [6.45, 7) is 0. The molecule has 0 bridgehead atoms. The first-order valence-electron chi connectivity index (χ1n) is 12.2. The summed E-state index contributed by atoms with van der Waals surface area (Å²) in [5.74, 6) is 1.52. The second-order valence-corrected chi connectivity index (χ2v) is 9.16. The van der Waals surface area contributed by atoms with Crippen molar-refractivity contribution < 1.29 is 4.74 Å². The number of aromatic nitrogens is 5. The van der Waals surface area contributed by atoms with Crippen LogP contribution in [0.1, 0.15) is 43.6 Å². The average molecular weight is 462 g/mol. The van der Waals surface area contributed by atoms with E-state index in [1.54, 1.807) is 19.5 Å². The zero-order valence-electron chi connectivity index (χ0n) is 19.7. The van der Waals surface area contributed by atoms with Gasteiger partial charge >= 0.3 is 6.01 Å². The largest absolute Gasteiger partial charge is 0.467 e. The fourth-order valence-corrected chi connectivity index (χ4v) is 4.96. The van der Waals surface area contributed by atoms with E-state index in [0.29, 0.717) is 6.01 Å². The van der Waals surface area contributed by atoms with E-state index in [1.807, 2.05) is 18.3 Å². The number of ether oxygens (including phenoxy) is 1. The van der Waals surface area contributed by atoms with Crippen molar-refractivity contribution in [2.75, 3.05) is 7.11 Å².